The highest BCUT2D eigenvalue weighted by molar-refractivity contribution is 6.26. The van der Waals surface area contributed by atoms with E-state index in [0.29, 0.717) is 0 Å². The second kappa shape index (κ2) is 11.9. The van der Waals surface area contributed by atoms with Crippen molar-refractivity contribution in [2.45, 2.75) is 26.7 Å². The van der Waals surface area contributed by atoms with E-state index >= 15 is 0 Å². The van der Waals surface area contributed by atoms with Gasteiger partial charge in [-0.15, -0.1) is 0 Å². The fourth-order valence-corrected chi connectivity index (χ4v) is 9.33. The molecule has 9 aromatic rings. The van der Waals surface area contributed by atoms with Crippen LogP contribution in [0.1, 0.15) is 27.8 Å². The molecule has 0 spiro atoms. The van der Waals surface area contributed by atoms with Crippen LogP contribution in [0, 0.1) is 13.8 Å². The quantitative estimate of drug-likeness (QED) is 0.160. The van der Waals surface area contributed by atoms with Crippen molar-refractivity contribution in [1.82, 2.24) is 0 Å². The fraction of sp³-hybridized carbons (Fsp3) is 0.0769. The first kappa shape index (κ1) is 30.9. The summed E-state index contributed by atoms with van der Waals surface area (Å²) < 4.78 is 0. The lowest BCUT2D eigenvalue weighted by atomic mass is 9.81. The zero-order valence-corrected chi connectivity index (χ0v) is 30.5. The van der Waals surface area contributed by atoms with E-state index in [9.17, 15) is 0 Å². The minimum Gasteiger partial charge on any atom is -0.310 e. The number of nitrogens with zero attached hydrogens (tertiary/aromatic N) is 2. The first-order valence-electron chi connectivity index (χ1n) is 19.0. The van der Waals surface area contributed by atoms with Gasteiger partial charge in [0, 0.05) is 33.5 Å². The maximum absolute atomic E-state index is 2.49. The number of rotatable bonds is 6. The van der Waals surface area contributed by atoms with Gasteiger partial charge in [0.05, 0.1) is 11.4 Å². The average Bonchev–Trinajstić information content (AvgIpc) is 3.21. The van der Waals surface area contributed by atoms with Crippen LogP contribution in [0.2, 0.25) is 0 Å². The standard InChI is InChI=1S/C52H38N2/c1-33-10-3-5-18-45(33)53(47-30-26-39-22-20-35-12-7-14-37-24-28-43(47)51(39)49(35)37)41-16-9-17-42(32-41)54(46-19-6-4-11-34(46)2)48-31-27-40-23-21-36-13-8-15-38-25-29-44(48)52(40)50(36)38/h3-14,16-22,24-32H,15,23H2,1-2H3. The Kier molecular flexibility index (Phi) is 6.84. The van der Waals surface area contributed by atoms with E-state index in [2.05, 4.69) is 194 Å². The second-order valence-corrected chi connectivity index (χ2v) is 14.9. The predicted octanol–water partition coefficient (Wildman–Crippen LogP) is 14.3. The molecule has 0 saturated heterocycles. The zero-order valence-electron chi connectivity index (χ0n) is 30.5. The number of hydrogen-bond donors (Lipinski definition) is 0. The van der Waals surface area contributed by atoms with Crippen LogP contribution in [0.3, 0.4) is 0 Å². The Bertz CT molecular complexity index is 3020. The third-order valence-electron chi connectivity index (χ3n) is 11.8. The van der Waals surface area contributed by atoms with E-state index in [1.165, 1.54) is 99.2 Å². The van der Waals surface area contributed by atoms with E-state index < -0.39 is 0 Å². The first-order valence-corrected chi connectivity index (χ1v) is 19.0. The van der Waals surface area contributed by atoms with Crippen LogP contribution in [0.15, 0.2) is 170 Å². The van der Waals surface area contributed by atoms with Gasteiger partial charge in [0.1, 0.15) is 0 Å². The molecule has 0 radical (unpaired) electrons. The smallest absolute Gasteiger partial charge is 0.0540 e. The number of benzene rings is 9. The van der Waals surface area contributed by atoms with Crippen molar-refractivity contribution in [3.63, 3.8) is 0 Å². The van der Waals surface area contributed by atoms with Gasteiger partial charge in [-0.3, -0.25) is 0 Å². The SMILES string of the molecule is Cc1ccccc1N(c1cccc(N(c2ccccc2C)c2ccc3ccc4cccc5ccc2c3c45)c1)c1ccc2c3c4c(ccc13)CC=CC4=CC2. The Labute approximate surface area is 315 Å². The molecule has 2 aliphatic rings. The molecule has 54 heavy (non-hydrogen) atoms. The summed E-state index contributed by atoms with van der Waals surface area (Å²) in [5.41, 5.74) is 15.0. The van der Waals surface area contributed by atoms with Gasteiger partial charge >= 0.3 is 0 Å². The molecule has 2 heteroatoms. The Morgan fingerprint density at radius 2 is 0.981 bits per heavy atom. The lowest BCUT2D eigenvalue weighted by Crippen LogP contribution is -2.15. The molecule has 2 nitrogen and oxygen atoms in total. The van der Waals surface area contributed by atoms with Gasteiger partial charge < -0.3 is 9.80 Å². The van der Waals surface area contributed by atoms with E-state index in [-0.39, 0.29) is 0 Å². The van der Waals surface area contributed by atoms with Gasteiger partial charge in [0.15, 0.2) is 0 Å². The summed E-state index contributed by atoms with van der Waals surface area (Å²) in [5.74, 6) is 0. The first-order chi connectivity index (χ1) is 26.6. The van der Waals surface area contributed by atoms with Gasteiger partial charge in [0.25, 0.3) is 0 Å². The number of aryl methyl sites for hydroxylation is 2. The lowest BCUT2D eigenvalue weighted by molar-refractivity contribution is 1.19. The van der Waals surface area contributed by atoms with Crippen molar-refractivity contribution in [3.05, 3.63) is 198 Å². The van der Waals surface area contributed by atoms with Crippen LogP contribution in [-0.2, 0) is 12.8 Å². The number of anilines is 6. The van der Waals surface area contributed by atoms with Crippen molar-refractivity contribution in [2.24, 2.45) is 0 Å². The van der Waals surface area contributed by atoms with Crippen LogP contribution in [0.25, 0.3) is 48.7 Å². The summed E-state index contributed by atoms with van der Waals surface area (Å²) >= 11 is 0. The third kappa shape index (κ3) is 4.60. The van der Waals surface area contributed by atoms with Crippen molar-refractivity contribution in [1.29, 1.82) is 0 Å². The monoisotopic (exact) mass is 690 g/mol. The predicted molar refractivity (Wildman–Crippen MR) is 231 cm³/mol. The minimum atomic E-state index is 0.956. The van der Waals surface area contributed by atoms with E-state index in [4.69, 9.17) is 0 Å². The Morgan fingerprint density at radius 3 is 1.69 bits per heavy atom. The molecule has 9 aromatic carbocycles. The molecule has 0 amide bonds. The van der Waals surface area contributed by atoms with Gasteiger partial charge in [-0.1, -0.05) is 127 Å². The molecule has 0 atom stereocenters. The molecular weight excluding hydrogens is 653 g/mol. The molecule has 0 fully saturated rings. The van der Waals surface area contributed by atoms with Crippen LogP contribution < -0.4 is 9.80 Å². The van der Waals surface area contributed by atoms with Crippen molar-refractivity contribution >= 4 is 82.8 Å². The lowest BCUT2D eigenvalue weighted by Gasteiger charge is -2.33. The number of hydrogen-bond acceptors (Lipinski definition) is 2. The Hall–Kier alpha value is -6.64. The molecular formula is C52H38N2. The van der Waals surface area contributed by atoms with Crippen molar-refractivity contribution < 1.29 is 0 Å². The van der Waals surface area contributed by atoms with Crippen LogP contribution >= 0.6 is 0 Å². The van der Waals surface area contributed by atoms with Crippen LogP contribution in [0.5, 0.6) is 0 Å². The van der Waals surface area contributed by atoms with Crippen molar-refractivity contribution in [2.75, 3.05) is 9.80 Å². The van der Waals surface area contributed by atoms with Gasteiger partial charge in [0.2, 0.25) is 0 Å². The molecule has 2 aliphatic carbocycles. The summed E-state index contributed by atoms with van der Waals surface area (Å²) in [4.78, 5) is 4.96. The van der Waals surface area contributed by atoms with Gasteiger partial charge in [-0.2, -0.15) is 0 Å². The highest BCUT2D eigenvalue weighted by Crippen LogP contribution is 2.49. The summed E-state index contributed by atoms with van der Waals surface area (Å²) in [6, 6.07) is 56.5. The zero-order chi connectivity index (χ0) is 35.9. The van der Waals surface area contributed by atoms with Gasteiger partial charge in [-0.25, -0.2) is 0 Å². The Morgan fingerprint density at radius 1 is 0.426 bits per heavy atom. The van der Waals surface area contributed by atoms with Crippen LogP contribution in [-0.4, -0.2) is 0 Å². The van der Waals surface area contributed by atoms with Gasteiger partial charge in [-0.05, 0) is 135 Å². The number of para-hydroxylation sites is 2. The second-order valence-electron chi connectivity index (χ2n) is 14.9. The molecule has 0 saturated carbocycles. The molecule has 0 aromatic heterocycles. The number of allylic oxidation sites excluding steroid dienone is 4. The van der Waals surface area contributed by atoms with Crippen LogP contribution in [0.4, 0.5) is 34.1 Å². The topological polar surface area (TPSA) is 6.48 Å². The summed E-state index contributed by atoms with van der Waals surface area (Å²) in [7, 11) is 0. The molecule has 11 rings (SSSR count). The average molecular weight is 691 g/mol. The molecule has 0 unspecified atom stereocenters. The highest BCUT2D eigenvalue weighted by atomic mass is 15.2. The largest absolute Gasteiger partial charge is 0.310 e. The summed E-state index contributed by atoms with van der Waals surface area (Å²) in [6.45, 7) is 4.45. The molecule has 0 bridgehead atoms. The maximum atomic E-state index is 2.49. The fourth-order valence-electron chi connectivity index (χ4n) is 9.33. The maximum Gasteiger partial charge on any atom is 0.0540 e. The van der Waals surface area contributed by atoms with E-state index in [1.807, 2.05) is 0 Å². The Balaban J connectivity index is 1.16. The minimum absolute atomic E-state index is 0.956. The highest BCUT2D eigenvalue weighted by Gasteiger charge is 2.26. The molecule has 0 heterocycles. The summed E-state index contributed by atoms with van der Waals surface area (Å²) in [6.07, 6.45) is 8.96. The normalized spacial score (nSPS) is 13.3. The van der Waals surface area contributed by atoms with E-state index in [0.717, 1.165) is 24.2 Å². The van der Waals surface area contributed by atoms with E-state index in [1.54, 1.807) is 0 Å². The van der Waals surface area contributed by atoms with Crippen molar-refractivity contribution in [3.8, 4) is 0 Å². The molecule has 0 aliphatic heterocycles. The molecule has 256 valence electrons. The third-order valence-corrected chi connectivity index (χ3v) is 11.8. The molecule has 0 N–H and O–H groups in total. The summed E-state index contributed by atoms with van der Waals surface area (Å²) in [5, 5.41) is 10.4.